The van der Waals surface area contributed by atoms with Crippen molar-refractivity contribution >= 4 is 22.8 Å². The van der Waals surface area contributed by atoms with Crippen molar-refractivity contribution in [2.24, 2.45) is 0 Å². The van der Waals surface area contributed by atoms with Gasteiger partial charge >= 0.3 is 0 Å². The zero-order valence-corrected chi connectivity index (χ0v) is 19.1. The van der Waals surface area contributed by atoms with E-state index in [0.717, 1.165) is 0 Å². The number of halogens is 3. The maximum Gasteiger partial charge on any atom is 0.296 e. The second-order valence-electron chi connectivity index (χ2n) is 8.79. The van der Waals surface area contributed by atoms with Gasteiger partial charge in [0.05, 0.1) is 42.7 Å². The Morgan fingerprint density at radius 3 is 2.51 bits per heavy atom. The normalized spacial score (nSPS) is 26.2. The van der Waals surface area contributed by atoms with Gasteiger partial charge in [0.2, 0.25) is 0 Å². The van der Waals surface area contributed by atoms with Crippen molar-refractivity contribution in [3.05, 3.63) is 46.1 Å². The number of aryl methyl sites for hydroxylation is 1. The molecule has 5 heterocycles. The molecule has 0 bridgehead atoms. The van der Waals surface area contributed by atoms with Crippen LogP contribution in [0.5, 0.6) is 11.8 Å². The van der Waals surface area contributed by atoms with Crippen molar-refractivity contribution in [2.45, 2.75) is 43.4 Å². The molecule has 0 aliphatic carbocycles. The maximum absolute atomic E-state index is 14.6. The summed E-state index contributed by atoms with van der Waals surface area (Å²) in [5.41, 5.74) is 1.29. The number of nitrogens with zero attached hydrogens (tertiary/aromatic N) is 2. The summed E-state index contributed by atoms with van der Waals surface area (Å²) in [6, 6.07) is 4.21. The molecule has 3 aliphatic rings. The number of imidazole rings is 1. The predicted molar refractivity (Wildman–Crippen MR) is 118 cm³/mol. The molecular formula is C23H22ClF2N3O6. The second-order valence-corrected chi connectivity index (χ2v) is 9.20. The van der Waals surface area contributed by atoms with Gasteiger partial charge in [0.15, 0.2) is 11.8 Å². The number of aromatic amines is 1. The van der Waals surface area contributed by atoms with Crippen LogP contribution in [0.4, 0.5) is 8.78 Å². The SMILES string of the molecule is O[C@@H]1CO[C@H]2[C@@H]1OC[C@H]2Oc1nc2nc(CCc3c(F)cc(OC4COC4)cc3F)c(Cl)cc2[nH]1. The molecule has 0 saturated carbocycles. The molecule has 0 amide bonds. The van der Waals surface area contributed by atoms with E-state index < -0.39 is 29.9 Å². The molecule has 3 aromatic rings. The Hall–Kier alpha value is -2.57. The fraction of sp³-hybridized carbons (Fsp3) is 0.478. The van der Waals surface area contributed by atoms with Gasteiger partial charge in [-0.1, -0.05) is 11.6 Å². The van der Waals surface area contributed by atoms with Gasteiger partial charge in [0.1, 0.15) is 41.8 Å². The molecule has 1 aromatic carbocycles. The topological polar surface area (TPSA) is 108 Å². The number of aliphatic hydroxyl groups is 1. The Bertz CT molecular complexity index is 1230. The van der Waals surface area contributed by atoms with E-state index >= 15 is 0 Å². The number of ether oxygens (including phenoxy) is 5. The van der Waals surface area contributed by atoms with Gasteiger partial charge in [-0.15, -0.1) is 0 Å². The van der Waals surface area contributed by atoms with Gasteiger partial charge in [-0.3, -0.25) is 0 Å². The molecule has 4 atom stereocenters. The second kappa shape index (κ2) is 9.14. The van der Waals surface area contributed by atoms with Gasteiger partial charge < -0.3 is 33.8 Å². The Labute approximate surface area is 203 Å². The predicted octanol–water partition coefficient (Wildman–Crippen LogP) is 2.36. The van der Waals surface area contributed by atoms with Crippen LogP contribution in [0.3, 0.4) is 0 Å². The van der Waals surface area contributed by atoms with E-state index in [1.54, 1.807) is 6.07 Å². The number of benzene rings is 1. The first-order chi connectivity index (χ1) is 16.9. The molecule has 3 saturated heterocycles. The summed E-state index contributed by atoms with van der Waals surface area (Å²) in [5, 5.41) is 10.2. The Morgan fingerprint density at radius 1 is 1.00 bits per heavy atom. The van der Waals surface area contributed by atoms with Crippen molar-refractivity contribution in [3.63, 3.8) is 0 Å². The zero-order chi connectivity index (χ0) is 24.1. The standard InChI is InChI=1S/C23H22ClF2N3O6/c24-13-5-17-22(29-23(28-17)35-19-9-33-20-18(30)8-32-21(19)20)27-16(13)2-1-12-14(25)3-10(4-15(12)26)34-11-6-31-7-11/h3-5,11,18-21,30H,1-2,6-9H2,(H,27,28,29)/t18-,19-,20-,21-/m1/s1. The Morgan fingerprint density at radius 2 is 1.77 bits per heavy atom. The van der Waals surface area contributed by atoms with E-state index in [1.165, 1.54) is 12.1 Å². The van der Waals surface area contributed by atoms with E-state index in [0.29, 0.717) is 35.1 Å². The van der Waals surface area contributed by atoms with Crippen LogP contribution in [0, 0.1) is 11.6 Å². The van der Waals surface area contributed by atoms with Crippen molar-refractivity contribution in [1.29, 1.82) is 0 Å². The molecule has 2 aromatic heterocycles. The number of aromatic nitrogens is 3. The van der Waals surface area contributed by atoms with Crippen LogP contribution in [0.1, 0.15) is 11.3 Å². The highest BCUT2D eigenvalue weighted by Gasteiger charge is 2.48. The van der Waals surface area contributed by atoms with Gasteiger partial charge in [-0.25, -0.2) is 13.8 Å². The van der Waals surface area contributed by atoms with Crippen LogP contribution >= 0.6 is 11.6 Å². The number of nitrogens with one attached hydrogen (secondary N) is 1. The summed E-state index contributed by atoms with van der Waals surface area (Å²) < 4.78 is 56.7. The number of fused-ring (bicyclic) bond motifs is 2. The molecule has 6 rings (SSSR count). The monoisotopic (exact) mass is 509 g/mol. The van der Waals surface area contributed by atoms with Crippen LogP contribution in [0.25, 0.3) is 11.2 Å². The van der Waals surface area contributed by atoms with Crippen molar-refractivity contribution < 1.29 is 37.6 Å². The quantitative estimate of drug-likeness (QED) is 0.500. The summed E-state index contributed by atoms with van der Waals surface area (Å²) >= 11 is 6.38. The average molecular weight is 510 g/mol. The average Bonchev–Trinajstić information content (AvgIpc) is 3.47. The number of pyridine rings is 1. The number of hydrogen-bond donors (Lipinski definition) is 2. The van der Waals surface area contributed by atoms with Gasteiger partial charge in [-0.05, 0) is 18.9 Å². The lowest BCUT2D eigenvalue weighted by atomic mass is 10.1. The fourth-order valence-electron chi connectivity index (χ4n) is 4.46. The third-order valence-corrected chi connectivity index (χ3v) is 6.69. The lowest BCUT2D eigenvalue weighted by Crippen LogP contribution is -2.38. The van der Waals surface area contributed by atoms with E-state index in [9.17, 15) is 13.9 Å². The third kappa shape index (κ3) is 4.43. The highest BCUT2D eigenvalue weighted by atomic mass is 35.5. The Kier molecular flexibility index (Phi) is 5.97. The van der Waals surface area contributed by atoms with E-state index in [-0.39, 0.29) is 55.6 Å². The first kappa shape index (κ1) is 22.9. The van der Waals surface area contributed by atoms with Crippen molar-refractivity contribution in [1.82, 2.24) is 15.0 Å². The van der Waals surface area contributed by atoms with Gasteiger partial charge in [-0.2, -0.15) is 4.98 Å². The maximum atomic E-state index is 14.6. The molecular weight excluding hydrogens is 488 g/mol. The van der Waals surface area contributed by atoms with Crippen LogP contribution in [0.15, 0.2) is 18.2 Å². The van der Waals surface area contributed by atoms with Crippen LogP contribution in [-0.2, 0) is 27.1 Å². The van der Waals surface area contributed by atoms with Crippen LogP contribution in [-0.4, -0.2) is 77.0 Å². The summed E-state index contributed by atoms with van der Waals surface area (Å²) in [6.45, 7) is 1.27. The first-order valence-corrected chi connectivity index (χ1v) is 11.7. The Balaban J connectivity index is 1.15. The zero-order valence-electron chi connectivity index (χ0n) is 18.4. The molecule has 0 unspecified atom stereocenters. The largest absolute Gasteiger partial charge is 0.485 e. The highest BCUT2D eigenvalue weighted by molar-refractivity contribution is 6.31. The fourth-order valence-corrected chi connectivity index (χ4v) is 4.70. The minimum absolute atomic E-state index is 0.0542. The summed E-state index contributed by atoms with van der Waals surface area (Å²) in [6.07, 6.45) is -1.83. The van der Waals surface area contributed by atoms with Gasteiger partial charge in [0, 0.05) is 17.7 Å². The van der Waals surface area contributed by atoms with E-state index in [2.05, 4.69) is 15.0 Å². The lowest BCUT2D eigenvalue weighted by molar-refractivity contribution is -0.0798. The highest BCUT2D eigenvalue weighted by Crippen LogP contribution is 2.31. The minimum atomic E-state index is -0.691. The molecule has 3 aliphatic heterocycles. The number of aliphatic hydroxyl groups excluding tert-OH is 1. The molecule has 12 heteroatoms. The summed E-state index contributed by atoms with van der Waals surface area (Å²) in [5.74, 6) is -1.25. The molecule has 0 spiro atoms. The molecule has 186 valence electrons. The summed E-state index contributed by atoms with van der Waals surface area (Å²) in [7, 11) is 0. The first-order valence-electron chi connectivity index (χ1n) is 11.3. The number of hydrogen-bond acceptors (Lipinski definition) is 8. The minimum Gasteiger partial charge on any atom is -0.485 e. The van der Waals surface area contributed by atoms with E-state index in [4.69, 9.17) is 35.3 Å². The molecule has 9 nitrogen and oxygen atoms in total. The molecule has 0 radical (unpaired) electrons. The molecule has 2 N–H and O–H groups in total. The van der Waals surface area contributed by atoms with Crippen molar-refractivity contribution in [3.8, 4) is 11.8 Å². The van der Waals surface area contributed by atoms with Crippen LogP contribution < -0.4 is 9.47 Å². The third-order valence-electron chi connectivity index (χ3n) is 6.36. The van der Waals surface area contributed by atoms with Gasteiger partial charge in [0.25, 0.3) is 6.01 Å². The van der Waals surface area contributed by atoms with Crippen molar-refractivity contribution in [2.75, 3.05) is 26.4 Å². The molecule has 3 fully saturated rings. The number of H-pyrrole nitrogens is 1. The summed E-state index contributed by atoms with van der Waals surface area (Å²) in [4.78, 5) is 11.8. The number of rotatable bonds is 7. The van der Waals surface area contributed by atoms with E-state index in [1.807, 2.05) is 0 Å². The lowest BCUT2D eigenvalue weighted by Gasteiger charge is -2.26. The smallest absolute Gasteiger partial charge is 0.296 e. The van der Waals surface area contributed by atoms with Crippen LogP contribution in [0.2, 0.25) is 5.02 Å². The molecule has 35 heavy (non-hydrogen) atoms.